The molecule has 2 heteroatoms. The first kappa shape index (κ1) is 8.07. The first-order valence-electron chi connectivity index (χ1n) is 3.58. The maximum absolute atomic E-state index is 8.76. The summed E-state index contributed by atoms with van der Waals surface area (Å²) in [5.41, 5.74) is 0.360. The average Bonchev–Trinajstić information content (AvgIpc) is 2.08. The van der Waals surface area contributed by atoms with Gasteiger partial charge in [-0.2, -0.15) is 5.26 Å². The molecule has 10 heavy (non-hydrogen) atoms. The predicted molar refractivity (Wildman–Crippen MR) is 44.9 cm³/mol. The van der Waals surface area contributed by atoms with E-state index in [2.05, 4.69) is 35.8 Å². The molecule has 1 aliphatic rings. The van der Waals surface area contributed by atoms with Crippen LogP contribution in [0, 0.1) is 16.7 Å². The second kappa shape index (κ2) is 2.23. The second-order valence-corrected chi connectivity index (χ2v) is 5.44. The van der Waals surface area contributed by atoms with E-state index < -0.39 is 0 Å². The summed E-state index contributed by atoms with van der Waals surface area (Å²) >= 11 is 3.46. The van der Waals surface area contributed by atoms with Crippen LogP contribution in [0.5, 0.6) is 0 Å². The summed E-state index contributed by atoms with van der Waals surface area (Å²) in [6.45, 7) is 4.43. The zero-order valence-corrected chi connectivity index (χ0v) is 8.03. The summed E-state index contributed by atoms with van der Waals surface area (Å²) in [6.07, 6.45) is 3.14. The van der Waals surface area contributed by atoms with Crippen LogP contribution in [0.4, 0.5) is 0 Å². The summed E-state index contributed by atoms with van der Waals surface area (Å²) in [4.78, 5) is 0. The van der Waals surface area contributed by atoms with E-state index in [0.717, 1.165) is 19.3 Å². The maximum Gasteiger partial charge on any atom is 0.113 e. The third-order valence-electron chi connectivity index (χ3n) is 2.16. The topological polar surface area (TPSA) is 23.8 Å². The van der Waals surface area contributed by atoms with E-state index in [1.807, 2.05) is 0 Å². The second-order valence-electron chi connectivity index (χ2n) is 3.92. The van der Waals surface area contributed by atoms with E-state index in [-0.39, 0.29) is 4.32 Å². The summed E-state index contributed by atoms with van der Waals surface area (Å²) in [6, 6.07) is 2.31. The van der Waals surface area contributed by atoms with Gasteiger partial charge in [-0.25, -0.2) is 0 Å². The number of hydrogen-bond acceptors (Lipinski definition) is 1. The molecule has 1 unspecified atom stereocenters. The van der Waals surface area contributed by atoms with E-state index >= 15 is 0 Å². The van der Waals surface area contributed by atoms with E-state index in [1.165, 1.54) is 0 Å². The van der Waals surface area contributed by atoms with Gasteiger partial charge in [0, 0.05) is 0 Å². The van der Waals surface area contributed by atoms with Gasteiger partial charge in [0.05, 0.1) is 6.07 Å². The largest absolute Gasteiger partial charge is 0.197 e. The van der Waals surface area contributed by atoms with Crippen molar-refractivity contribution >= 4 is 15.9 Å². The molecular weight excluding hydrogens is 190 g/mol. The molecular formula is C8H12BrN. The van der Waals surface area contributed by atoms with Crippen molar-refractivity contribution in [3.8, 4) is 6.07 Å². The Bertz CT molecular complexity index is 180. The standard InChI is InChI=1S/C8H12BrN/c1-7(2)3-4-8(9,5-7)6-10/h3-5H2,1-2H3. The molecule has 0 saturated heterocycles. The molecule has 0 N–H and O–H groups in total. The molecule has 1 saturated carbocycles. The first-order valence-corrected chi connectivity index (χ1v) is 4.37. The predicted octanol–water partition coefficient (Wildman–Crippen LogP) is 2.85. The Kier molecular flexibility index (Phi) is 1.80. The zero-order valence-electron chi connectivity index (χ0n) is 6.45. The smallest absolute Gasteiger partial charge is 0.113 e. The number of nitriles is 1. The van der Waals surface area contributed by atoms with Gasteiger partial charge in [-0.1, -0.05) is 29.8 Å². The molecule has 0 aromatic heterocycles. The lowest BCUT2D eigenvalue weighted by atomic mass is 9.91. The number of nitrogens with zero attached hydrogens (tertiary/aromatic N) is 1. The van der Waals surface area contributed by atoms with Crippen molar-refractivity contribution in [2.45, 2.75) is 37.4 Å². The molecule has 0 radical (unpaired) electrons. The molecule has 0 bridgehead atoms. The lowest BCUT2D eigenvalue weighted by Gasteiger charge is -2.17. The van der Waals surface area contributed by atoms with Crippen molar-refractivity contribution in [3.63, 3.8) is 0 Å². The highest BCUT2D eigenvalue weighted by molar-refractivity contribution is 9.10. The van der Waals surface area contributed by atoms with Crippen LogP contribution in [-0.4, -0.2) is 4.32 Å². The van der Waals surface area contributed by atoms with Crippen LogP contribution in [0.3, 0.4) is 0 Å². The zero-order chi connectivity index (χ0) is 7.83. The van der Waals surface area contributed by atoms with Crippen LogP contribution in [0.1, 0.15) is 33.1 Å². The highest BCUT2D eigenvalue weighted by Gasteiger charge is 2.41. The molecule has 0 aromatic rings. The fourth-order valence-corrected chi connectivity index (χ4v) is 2.52. The maximum atomic E-state index is 8.76. The van der Waals surface area contributed by atoms with Crippen molar-refractivity contribution in [3.05, 3.63) is 0 Å². The van der Waals surface area contributed by atoms with E-state index in [0.29, 0.717) is 5.41 Å². The number of alkyl halides is 1. The van der Waals surface area contributed by atoms with Gasteiger partial charge < -0.3 is 0 Å². The van der Waals surface area contributed by atoms with Crippen LogP contribution in [-0.2, 0) is 0 Å². The van der Waals surface area contributed by atoms with Gasteiger partial charge in [0.15, 0.2) is 0 Å². The summed E-state index contributed by atoms with van der Waals surface area (Å²) in [5, 5.41) is 8.76. The van der Waals surface area contributed by atoms with Crippen molar-refractivity contribution in [2.75, 3.05) is 0 Å². The van der Waals surface area contributed by atoms with Gasteiger partial charge in [-0.05, 0) is 24.7 Å². The number of rotatable bonds is 0. The molecule has 0 amide bonds. The minimum Gasteiger partial charge on any atom is -0.197 e. The van der Waals surface area contributed by atoms with Gasteiger partial charge in [-0.15, -0.1) is 0 Å². The molecule has 1 nitrogen and oxygen atoms in total. The molecule has 0 aromatic carbocycles. The highest BCUT2D eigenvalue weighted by atomic mass is 79.9. The minimum absolute atomic E-state index is 0.212. The van der Waals surface area contributed by atoms with Crippen LogP contribution in [0.25, 0.3) is 0 Å². The summed E-state index contributed by atoms with van der Waals surface area (Å²) in [7, 11) is 0. The Balaban J connectivity index is 2.69. The van der Waals surface area contributed by atoms with Crippen molar-refractivity contribution in [1.29, 1.82) is 5.26 Å². The minimum atomic E-state index is -0.212. The van der Waals surface area contributed by atoms with Gasteiger partial charge in [0.25, 0.3) is 0 Å². The third-order valence-corrected chi connectivity index (χ3v) is 3.01. The molecule has 1 aliphatic carbocycles. The molecule has 0 spiro atoms. The van der Waals surface area contributed by atoms with Gasteiger partial charge in [0.2, 0.25) is 0 Å². The Hall–Kier alpha value is -0.0300. The normalized spacial score (nSPS) is 37.4. The Labute approximate surface area is 70.5 Å². The first-order chi connectivity index (χ1) is 4.47. The molecule has 0 aliphatic heterocycles. The monoisotopic (exact) mass is 201 g/mol. The van der Waals surface area contributed by atoms with Crippen LogP contribution in [0.15, 0.2) is 0 Å². The fourth-order valence-electron chi connectivity index (χ4n) is 1.57. The molecule has 0 heterocycles. The van der Waals surface area contributed by atoms with Crippen molar-refractivity contribution in [1.82, 2.24) is 0 Å². The Morgan fingerprint density at radius 3 is 2.20 bits per heavy atom. The highest BCUT2D eigenvalue weighted by Crippen LogP contribution is 2.47. The van der Waals surface area contributed by atoms with Crippen LogP contribution in [0.2, 0.25) is 0 Å². The fraction of sp³-hybridized carbons (Fsp3) is 0.875. The molecule has 1 rings (SSSR count). The van der Waals surface area contributed by atoms with Crippen LogP contribution < -0.4 is 0 Å². The van der Waals surface area contributed by atoms with Gasteiger partial charge >= 0.3 is 0 Å². The molecule has 56 valence electrons. The lowest BCUT2D eigenvalue weighted by Crippen LogP contribution is -2.15. The average molecular weight is 202 g/mol. The summed E-state index contributed by atoms with van der Waals surface area (Å²) in [5.74, 6) is 0. The van der Waals surface area contributed by atoms with Crippen molar-refractivity contribution < 1.29 is 0 Å². The Morgan fingerprint density at radius 1 is 1.40 bits per heavy atom. The van der Waals surface area contributed by atoms with Crippen molar-refractivity contribution in [2.24, 2.45) is 5.41 Å². The lowest BCUT2D eigenvalue weighted by molar-refractivity contribution is 0.379. The molecule has 1 atom stereocenters. The summed E-state index contributed by atoms with van der Waals surface area (Å²) < 4.78 is -0.212. The quantitative estimate of drug-likeness (QED) is 0.554. The number of halogens is 1. The van der Waals surface area contributed by atoms with Crippen LogP contribution >= 0.6 is 15.9 Å². The van der Waals surface area contributed by atoms with E-state index in [4.69, 9.17) is 5.26 Å². The van der Waals surface area contributed by atoms with E-state index in [9.17, 15) is 0 Å². The van der Waals surface area contributed by atoms with E-state index in [1.54, 1.807) is 0 Å². The SMILES string of the molecule is CC1(C)CCC(Br)(C#N)C1. The third kappa shape index (κ3) is 1.52. The van der Waals surface area contributed by atoms with Gasteiger partial charge in [-0.3, -0.25) is 0 Å². The number of hydrogen-bond donors (Lipinski definition) is 0. The Morgan fingerprint density at radius 2 is 2.00 bits per heavy atom. The molecule has 1 fully saturated rings. The van der Waals surface area contributed by atoms with Gasteiger partial charge in [0.1, 0.15) is 4.32 Å².